The molecule has 0 fully saturated rings. The highest BCUT2D eigenvalue weighted by molar-refractivity contribution is 6.14. The van der Waals surface area contributed by atoms with Gasteiger partial charge in [0, 0.05) is 33.6 Å². The number of pyridine rings is 1. The van der Waals surface area contributed by atoms with Gasteiger partial charge in [-0.15, -0.1) is 0 Å². The van der Waals surface area contributed by atoms with Crippen LogP contribution >= 0.6 is 0 Å². The van der Waals surface area contributed by atoms with Crippen LogP contribution in [-0.2, 0) is 5.41 Å². The summed E-state index contributed by atoms with van der Waals surface area (Å²) in [6, 6.07) is 46.0. The molecular formula is C38H28N2. The fraction of sp³-hybridized carbons (Fsp3) is 0.0789. The van der Waals surface area contributed by atoms with Crippen LogP contribution in [0, 0.1) is 0 Å². The standard InChI is InChI=1S/C38H28N2/c1-38(2)33-16-10-9-15-29(33)31-23-26(17-19-34(31)38)27-18-20-35-32(24-27)30-21-22-39-36(25-11-5-3-6-12-25)37(30)40(35)28-13-7-4-8-14-28/h3-24H,1-2H3. The van der Waals surface area contributed by atoms with Gasteiger partial charge in [-0.25, -0.2) is 0 Å². The van der Waals surface area contributed by atoms with Gasteiger partial charge in [-0.1, -0.05) is 105 Å². The molecule has 190 valence electrons. The summed E-state index contributed by atoms with van der Waals surface area (Å²) in [4.78, 5) is 4.89. The molecule has 2 nitrogen and oxygen atoms in total. The van der Waals surface area contributed by atoms with Gasteiger partial charge in [0.1, 0.15) is 0 Å². The number of aromatic nitrogens is 2. The first-order valence-electron chi connectivity index (χ1n) is 13.9. The molecule has 5 aromatic carbocycles. The van der Waals surface area contributed by atoms with Gasteiger partial charge < -0.3 is 4.57 Å². The van der Waals surface area contributed by atoms with Crippen LogP contribution in [-0.4, -0.2) is 9.55 Å². The predicted octanol–water partition coefficient (Wildman–Crippen LogP) is 9.82. The van der Waals surface area contributed by atoms with Crippen LogP contribution in [0.25, 0.3) is 61.0 Å². The monoisotopic (exact) mass is 512 g/mol. The summed E-state index contributed by atoms with van der Waals surface area (Å²) in [5, 5.41) is 2.44. The molecule has 0 radical (unpaired) electrons. The lowest BCUT2D eigenvalue weighted by Crippen LogP contribution is -2.14. The Morgan fingerprint density at radius 1 is 0.550 bits per heavy atom. The Labute approximate surface area is 234 Å². The van der Waals surface area contributed by atoms with Crippen LogP contribution in [0.4, 0.5) is 0 Å². The Hall–Kier alpha value is -4.95. The summed E-state index contributed by atoms with van der Waals surface area (Å²) in [6.07, 6.45) is 1.94. The van der Waals surface area contributed by atoms with E-state index in [1.807, 2.05) is 6.20 Å². The van der Waals surface area contributed by atoms with Gasteiger partial charge in [0.25, 0.3) is 0 Å². The molecule has 0 N–H and O–H groups in total. The van der Waals surface area contributed by atoms with E-state index in [9.17, 15) is 0 Å². The Kier molecular flexibility index (Phi) is 4.90. The fourth-order valence-corrected chi connectivity index (χ4v) is 6.70. The number of para-hydroxylation sites is 1. The Bertz CT molecular complexity index is 2060. The van der Waals surface area contributed by atoms with Crippen molar-refractivity contribution in [3.63, 3.8) is 0 Å². The third-order valence-corrected chi connectivity index (χ3v) is 8.65. The Balaban J connectivity index is 1.38. The van der Waals surface area contributed by atoms with Crippen molar-refractivity contribution in [3.05, 3.63) is 145 Å². The molecule has 0 saturated heterocycles. The summed E-state index contributed by atoms with van der Waals surface area (Å²) in [6.45, 7) is 4.67. The van der Waals surface area contributed by atoms with Crippen LogP contribution in [0.1, 0.15) is 25.0 Å². The molecule has 0 saturated carbocycles. The highest BCUT2D eigenvalue weighted by Crippen LogP contribution is 2.49. The third kappa shape index (κ3) is 3.26. The van der Waals surface area contributed by atoms with Crippen LogP contribution in [0.5, 0.6) is 0 Å². The van der Waals surface area contributed by atoms with Crippen LogP contribution in [0.2, 0.25) is 0 Å². The molecule has 2 heteroatoms. The molecule has 8 rings (SSSR count). The zero-order chi connectivity index (χ0) is 26.8. The van der Waals surface area contributed by atoms with Crippen molar-refractivity contribution in [3.8, 4) is 39.2 Å². The van der Waals surface area contributed by atoms with E-state index < -0.39 is 0 Å². The van der Waals surface area contributed by atoms with Crippen LogP contribution < -0.4 is 0 Å². The Morgan fingerprint density at radius 2 is 1.23 bits per heavy atom. The lowest BCUT2D eigenvalue weighted by atomic mass is 9.82. The minimum atomic E-state index is 0.0123. The van der Waals surface area contributed by atoms with Gasteiger partial charge in [-0.05, 0) is 69.8 Å². The average molecular weight is 513 g/mol. The Morgan fingerprint density at radius 3 is 2.05 bits per heavy atom. The zero-order valence-corrected chi connectivity index (χ0v) is 22.6. The first kappa shape index (κ1) is 23.0. The van der Waals surface area contributed by atoms with E-state index >= 15 is 0 Å². The van der Waals surface area contributed by atoms with Gasteiger partial charge in [0.05, 0.1) is 16.7 Å². The molecule has 1 aliphatic carbocycles. The normalized spacial score (nSPS) is 13.4. The second kappa shape index (κ2) is 8.53. The van der Waals surface area contributed by atoms with Gasteiger partial charge in [0.15, 0.2) is 0 Å². The maximum Gasteiger partial charge on any atom is 0.0948 e. The molecule has 2 aromatic heterocycles. The van der Waals surface area contributed by atoms with Crippen molar-refractivity contribution in [1.29, 1.82) is 0 Å². The van der Waals surface area contributed by atoms with E-state index in [2.05, 4.69) is 146 Å². The van der Waals surface area contributed by atoms with Crippen molar-refractivity contribution in [2.75, 3.05) is 0 Å². The van der Waals surface area contributed by atoms with Crippen LogP contribution in [0.3, 0.4) is 0 Å². The minimum absolute atomic E-state index is 0.0123. The number of benzene rings is 5. The number of hydrogen-bond acceptors (Lipinski definition) is 1. The zero-order valence-electron chi connectivity index (χ0n) is 22.6. The topological polar surface area (TPSA) is 17.8 Å². The van der Waals surface area contributed by atoms with Gasteiger partial charge in [0.2, 0.25) is 0 Å². The second-order valence-electron chi connectivity index (χ2n) is 11.3. The third-order valence-electron chi connectivity index (χ3n) is 8.65. The largest absolute Gasteiger partial charge is 0.307 e. The van der Waals surface area contributed by atoms with E-state index in [0.717, 1.165) is 22.5 Å². The lowest BCUT2D eigenvalue weighted by Gasteiger charge is -2.21. The summed E-state index contributed by atoms with van der Waals surface area (Å²) >= 11 is 0. The SMILES string of the molecule is CC1(C)c2ccccc2-c2cc(-c3ccc4c(c3)c3ccnc(-c5ccccc5)c3n4-c3ccccc3)ccc21. The maximum atomic E-state index is 4.89. The maximum absolute atomic E-state index is 4.89. The molecule has 7 aromatic rings. The van der Waals surface area contributed by atoms with Gasteiger partial charge >= 0.3 is 0 Å². The smallest absolute Gasteiger partial charge is 0.0948 e. The van der Waals surface area contributed by atoms with E-state index in [4.69, 9.17) is 4.98 Å². The number of fused-ring (bicyclic) bond motifs is 6. The molecule has 0 unspecified atom stereocenters. The minimum Gasteiger partial charge on any atom is -0.307 e. The molecule has 0 atom stereocenters. The quantitative estimate of drug-likeness (QED) is 0.230. The number of nitrogens with zero attached hydrogens (tertiary/aromatic N) is 2. The van der Waals surface area contributed by atoms with Gasteiger partial charge in [-0.2, -0.15) is 0 Å². The summed E-state index contributed by atoms with van der Waals surface area (Å²) in [7, 11) is 0. The van der Waals surface area contributed by atoms with E-state index in [-0.39, 0.29) is 5.41 Å². The molecule has 40 heavy (non-hydrogen) atoms. The first-order valence-corrected chi connectivity index (χ1v) is 13.9. The molecule has 0 bridgehead atoms. The predicted molar refractivity (Wildman–Crippen MR) is 167 cm³/mol. The van der Waals surface area contributed by atoms with Crippen molar-refractivity contribution >= 4 is 21.8 Å². The number of hydrogen-bond donors (Lipinski definition) is 0. The van der Waals surface area contributed by atoms with Crippen LogP contribution in [0.15, 0.2) is 134 Å². The molecule has 0 amide bonds. The van der Waals surface area contributed by atoms with E-state index in [0.29, 0.717) is 0 Å². The van der Waals surface area contributed by atoms with Gasteiger partial charge in [-0.3, -0.25) is 4.98 Å². The molecule has 2 heterocycles. The molecular weight excluding hydrogens is 484 g/mol. The fourth-order valence-electron chi connectivity index (χ4n) is 6.70. The van der Waals surface area contributed by atoms with E-state index in [1.54, 1.807) is 0 Å². The van der Waals surface area contributed by atoms with E-state index in [1.165, 1.54) is 49.7 Å². The first-order chi connectivity index (χ1) is 19.6. The number of rotatable bonds is 3. The average Bonchev–Trinajstić information content (AvgIpc) is 3.46. The van der Waals surface area contributed by atoms with Crippen molar-refractivity contribution in [2.45, 2.75) is 19.3 Å². The molecule has 0 spiro atoms. The van der Waals surface area contributed by atoms with Crippen molar-refractivity contribution in [2.24, 2.45) is 0 Å². The molecule has 1 aliphatic rings. The van der Waals surface area contributed by atoms with Crippen molar-refractivity contribution < 1.29 is 0 Å². The second-order valence-corrected chi connectivity index (χ2v) is 11.3. The van der Waals surface area contributed by atoms with Crippen molar-refractivity contribution in [1.82, 2.24) is 9.55 Å². The molecule has 0 aliphatic heterocycles. The summed E-state index contributed by atoms with van der Waals surface area (Å²) < 4.78 is 2.37. The summed E-state index contributed by atoms with van der Waals surface area (Å²) in [5.41, 5.74) is 13.6. The highest BCUT2D eigenvalue weighted by Gasteiger charge is 2.35. The summed E-state index contributed by atoms with van der Waals surface area (Å²) in [5.74, 6) is 0. The lowest BCUT2D eigenvalue weighted by molar-refractivity contribution is 0.660. The highest BCUT2D eigenvalue weighted by atomic mass is 15.0.